The lowest BCUT2D eigenvalue weighted by Crippen LogP contribution is -2.26. The second-order valence-corrected chi connectivity index (χ2v) is 5.26. The van der Waals surface area contributed by atoms with Crippen LogP contribution < -0.4 is 0 Å². The molecule has 0 saturated carbocycles. The highest BCUT2D eigenvalue weighted by Gasteiger charge is 2.09. The summed E-state index contributed by atoms with van der Waals surface area (Å²) in [6.45, 7) is 5.89. The van der Waals surface area contributed by atoms with Gasteiger partial charge in [-0.25, -0.2) is 0 Å². The minimum Gasteiger partial charge on any atom is -0.358 e. The van der Waals surface area contributed by atoms with E-state index >= 15 is 0 Å². The van der Waals surface area contributed by atoms with Crippen molar-refractivity contribution in [3.8, 4) is 0 Å². The first-order valence-electron chi connectivity index (χ1n) is 5.73. The van der Waals surface area contributed by atoms with Gasteiger partial charge in [0, 0.05) is 31.0 Å². The first kappa shape index (κ1) is 14.9. The predicted molar refractivity (Wildman–Crippen MR) is 79.9 cm³/mol. The van der Waals surface area contributed by atoms with Gasteiger partial charge in [-0.1, -0.05) is 36.1 Å². The van der Waals surface area contributed by atoms with Gasteiger partial charge >= 0.3 is 0 Å². The van der Waals surface area contributed by atoms with Crippen LogP contribution in [0, 0.1) is 10.1 Å². The Hall–Kier alpha value is -1.14. The summed E-state index contributed by atoms with van der Waals surface area (Å²) in [7, 11) is 0. The zero-order chi connectivity index (χ0) is 13.5. The monoisotopic (exact) mass is 284 g/mol. The molecule has 0 radical (unpaired) electrons. The number of nitrogens with zero attached hydrogens (tertiary/aromatic N) is 2. The van der Waals surface area contributed by atoms with Gasteiger partial charge in [-0.2, -0.15) is 0 Å². The van der Waals surface area contributed by atoms with Crippen LogP contribution in [-0.4, -0.2) is 27.2 Å². The number of non-ortho nitro benzene ring substituents is 1. The molecule has 0 saturated heterocycles. The van der Waals surface area contributed by atoms with Crippen molar-refractivity contribution in [2.75, 3.05) is 13.1 Å². The second-order valence-electron chi connectivity index (χ2n) is 3.65. The van der Waals surface area contributed by atoms with Crippen LogP contribution in [0.2, 0.25) is 0 Å². The minimum absolute atomic E-state index is 0.127. The van der Waals surface area contributed by atoms with Crippen molar-refractivity contribution in [1.29, 1.82) is 0 Å². The summed E-state index contributed by atoms with van der Waals surface area (Å²) in [5, 5.41) is 10.7. The molecule has 0 aliphatic heterocycles. The molecule has 0 N–H and O–H groups in total. The maximum atomic E-state index is 10.7. The molecular weight excluding hydrogens is 268 g/mol. The molecular formula is C12H16N2O2S2. The van der Waals surface area contributed by atoms with E-state index in [1.54, 1.807) is 23.9 Å². The maximum absolute atomic E-state index is 10.7. The lowest BCUT2D eigenvalue weighted by Gasteiger charge is -2.20. The summed E-state index contributed by atoms with van der Waals surface area (Å²) >= 11 is 6.85. The van der Waals surface area contributed by atoms with Crippen LogP contribution in [-0.2, 0) is 5.75 Å². The Morgan fingerprint density at radius 3 is 2.67 bits per heavy atom. The van der Waals surface area contributed by atoms with Crippen LogP contribution in [0.15, 0.2) is 24.3 Å². The molecule has 0 bridgehead atoms. The van der Waals surface area contributed by atoms with E-state index in [2.05, 4.69) is 18.7 Å². The number of thioether (sulfide) groups is 1. The number of hydrogen-bond acceptors (Lipinski definition) is 4. The molecule has 4 nitrogen and oxygen atoms in total. The van der Waals surface area contributed by atoms with Crippen molar-refractivity contribution in [1.82, 2.24) is 4.90 Å². The number of nitro benzene ring substituents is 1. The Morgan fingerprint density at radius 2 is 2.11 bits per heavy atom. The molecule has 0 spiro atoms. The van der Waals surface area contributed by atoms with Gasteiger partial charge in [0.05, 0.1) is 4.92 Å². The van der Waals surface area contributed by atoms with E-state index < -0.39 is 0 Å². The molecule has 0 aliphatic carbocycles. The van der Waals surface area contributed by atoms with Gasteiger partial charge < -0.3 is 4.90 Å². The molecule has 98 valence electrons. The Morgan fingerprint density at radius 1 is 1.44 bits per heavy atom. The molecule has 0 unspecified atom stereocenters. The largest absolute Gasteiger partial charge is 0.358 e. The van der Waals surface area contributed by atoms with Gasteiger partial charge in [-0.05, 0) is 19.4 Å². The van der Waals surface area contributed by atoms with E-state index in [0.29, 0.717) is 5.75 Å². The Labute approximate surface area is 117 Å². The highest BCUT2D eigenvalue weighted by molar-refractivity contribution is 8.22. The third-order valence-corrected chi connectivity index (χ3v) is 4.10. The smallest absolute Gasteiger partial charge is 0.269 e. The molecule has 0 heterocycles. The third kappa shape index (κ3) is 4.27. The van der Waals surface area contributed by atoms with E-state index in [4.69, 9.17) is 12.2 Å². The second kappa shape index (κ2) is 7.33. The van der Waals surface area contributed by atoms with E-state index in [-0.39, 0.29) is 10.6 Å². The van der Waals surface area contributed by atoms with E-state index in [0.717, 1.165) is 23.0 Å². The summed E-state index contributed by atoms with van der Waals surface area (Å²) in [4.78, 5) is 12.4. The lowest BCUT2D eigenvalue weighted by molar-refractivity contribution is -0.384. The average Bonchev–Trinajstić information content (AvgIpc) is 2.38. The highest BCUT2D eigenvalue weighted by Crippen LogP contribution is 2.20. The summed E-state index contributed by atoms with van der Waals surface area (Å²) in [5.41, 5.74) is 1.05. The molecule has 18 heavy (non-hydrogen) atoms. The van der Waals surface area contributed by atoms with Crippen LogP contribution in [0.4, 0.5) is 5.69 Å². The first-order chi connectivity index (χ1) is 8.58. The normalized spacial score (nSPS) is 10.1. The zero-order valence-electron chi connectivity index (χ0n) is 10.5. The summed E-state index contributed by atoms with van der Waals surface area (Å²) < 4.78 is 0.839. The fourth-order valence-electron chi connectivity index (χ4n) is 1.48. The fourth-order valence-corrected chi connectivity index (χ4v) is 2.82. The molecule has 1 aromatic carbocycles. The van der Waals surface area contributed by atoms with Crippen molar-refractivity contribution >= 4 is 34.0 Å². The molecule has 0 aromatic heterocycles. The number of hydrogen-bond donors (Lipinski definition) is 0. The Balaban J connectivity index is 2.61. The number of benzene rings is 1. The average molecular weight is 284 g/mol. The van der Waals surface area contributed by atoms with Gasteiger partial charge in [-0.15, -0.1) is 0 Å². The minimum atomic E-state index is -0.378. The number of nitro groups is 1. The van der Waals surface area contributed by atoms with E-state index in [9.17, 15) is 10.1 Å². The van der Waals surface area contributed by atoms with Gasteiger partial charge in [0.2, 0.25) is 0 Å². The molecule has 6 heteroatoms. The maximum Gasteiger partial charge on any atom is 0.269 e. The molecule has 1 rings (SSSR count). The van der Waals surface area contributed by atoms with E-state index in [1.807, 2.05) is 6.07 Å². The van der Waals surface area contributed by atoms with Crippen LogP contribution >= 0.6 is 24.0 Å². The standard InChI is InChI=1S/C12H16N2O2S2/c1-3-13(4-2)12(17)18-9-10-6-5-7-11(8-10)14(15)16/h5-8H,3-4,9H2,1-2H3. The van der Waals surface area contributed by atoms with Crippen LogP contribution in [0.25, 0.3) is 0 Å². The van der Waals surface area contributed by atoms with E-state index in [1.165, 1.54) is 6.07 Å². The topological polar surface area (TPSA) is 46.4 Å². The third-order valence-electron chi connectivity index (χ3n) is 2.51. The first-order valence-corrected chi connectivity index (χ1v) is 7.12. The van der Waals surface area contributed by atoms with Gasteiger partial charge in [-0.3, -0.25) is 10.1 Å². The Kier molecular flexibility index (Phi) is 6.07. The van der Waals surface area contributed by atoms with Crippen molar-refractivity contribution in [3.63, 3.8) is 0 Å². The number of thiocarbonyl (C=S) groups is 1. The van der Waals surface area contributed by atoms with Crippen LogP contribution in [0.1, 0.15) is 19.4 Å². The van der Waals surface area contributed by atoms with Gasteiger partial charge in [0.15, 0.2) is 0 Å². The van der Waals surface area contributed by atoms with Crippen molar-refractivity contribution < 1.29 is 4.92 Å². The molecule has 0 fully saturated rings. The summed E-state index contributed by atoms with van der Waals surface area (Å²) in [6, 6.07) is 6.67. The lowest BCUT2D eigenvalue weighted by atomic mass is 10.2. The highest BCUT2D eigenvalue weighted by atomic mass is 32.2. The number of rotatable bonds is 5. The van der Waals surface area contributed by atoms with Gasteiger partial charge in [0.1, 0.15) is 4.32 Å². The molecule has 0 aliphatic rings. The molecule has 1 aromatic rings. The zero-order valence-corrected chi connectivity index (χ0v) is 12.1. The van der Waals surface area contributed by atoms with Crippen molar-refractivity contribution in [2.45, 2.75) is 19.6 Å². The summed E-state index contributed by atoms with van der Waals surface area (Å²) in [6.07, 6.45) is 0. The molecule has 0 amide bonds. The van der Waals surface area contributed by atoms with Crippen LogP contribution in [0.5, 0.6) is 0 Å². The predicted octanol–water partition coefficient (Wildman–Crippen LogP) is 3.45. The quantitative estimate of drug-likeness (QED) is 0.471. The molecule has 0 atom stereocenters. The van der Waals surface area contributed by atoms with Crippen molar-refractivity contribution in [2.24, 2.45) is 0 Å². The fraction of sp³-hybridized carbons (Fsp3) is 0.417. The SMILES string of the molecule is CCN(CC)C(=S)SCc1cccc([N+](=O)[O-])c1. The van der Waals surface area contributed by atoms with Crippen LogP contribution in [0.3, 0.4) is 0 Å². The van der Waals surface area contributed by atoms with Gasteiger partial charge in [0.25, 0.3) is 5.69 Å². The summed E-state index contributed by atoms with van der Waals surface area (Å²) in [5.74, 6) is 0.664. The Bertz CT molecular complexity index is 434. The van der Waals surface area contributed by atoms with Crippen molar-refractivity contribution in [3.05, 3.63) is 39.9 Å².